The molecule has 0 amide bonds. The third-order valence-corrected chi connectivity index (χ3v) is 4.34. The first kappa shape index (κ1) is 24.1. The van der Waals surface area contributed by atoms with Gasteiger partial charge in [0.2, 0.25) is 0 Å². The molecule has 0 aliphatic rings. The Hall–Kier alpha value is -3.20. The lowest BCUT2D eigenvalue weighted by Crippen LogP contribution is -2.33. The molecule has 8 nitrogen and oxygen atoms in total. The minimum absolute atomic E-state index is 0.339. The van der Waals surface area contributed by atoms with Crippen LogP contribution in [-0.2, 0) is 21.4 Å². The lowest BCUT2D eigenvalue weighted by Gasteiger charge is -2.24. The van der Waals surface area contributed by atoms with Crippen molar-refractivity contribution in [1.29, 1.82) is 0 Å². The highest BCUT2D eigenvalue weighted by Crippen LogP contribution is 2.27. The maximum absolute atomic E-state index is 13.5. The molecule has 2 rings (SSSR count). The fourth-order valence-electron chi connectivity index (χ4n) is 2.95. The molecule has 0 radical (unpaired) electrons. The third-order valence-electron chi connectivity index (χ3n) is 4.34. The molecule has 1 N–H and O–H groups in total. The van der Waals surface area contributed by atoms with Crippen LogP contribution in [0.1, 0.15) is 50.1 Å². The summed E-state index contributed by atoms with van der Waals surface area (Å²) in [6, 6.07) is 3.82. The Morgan fingerprint density at radius 3 is 2.58 bits per heavy atom. The Labute approximate surface area is 180 Å². The maximum Gasteiger partial charge on any atom is 0.321 e. The summed E-state index contributed by atoms with van der Waals surface area (Å²) < 4.78 is 20.4. The van der Waals surface area contributed by atoms with E-state index in [2.05, 4.69) is 22.1 Å². The van der Waals surface area contributed by atoms with E-state index in [1.165, 1.54) is 35.0 Å². The lowest BCUT2D eigenvalue weighted by molar-refractivity contribution is -0.158. The van der Waals surface area contributed by atoms with Crippen LogP contribution in [0.3, 0.4) is 0 Å². The molecular formula is C22H27FN4O4. The van der Waals surface area contributed by atoms with Gasteiger partial charge in [0.25, 0.3) is 0 Å². The number of hydrogen-bond acceptors (Lipinski definition) is 7. The molecule has 0 bridgehead atoms. The minimum atomic E-state index is -1.28. The summed E-state index contributed by atoms with van der Waals surface area (Å²) in [5.41, 5.74) is 0.407. The van der Waals surface area contributed by atoms with Gasteiger partial charge in [-0.05, 0) is 61.4 Å². The van der Waals surface area contributed by atoms with Crippen molar-refractivity contribution in [2.24, 2.45) is 7.05 Å². The zero-order valence-corrected chi connectivity index (χ0v) is 18.3. The van der Waals surface area contributed by atoms with E-state index in [1.807, 2.05) is 0 Å². The molecule has 0 fully saturated rings. The van der Waals surface area contributed by atoms with Gasteiger partial charge < -0.3 is 9.84 Å². The zero-order chi connectivity index (χ0) is 23.3. The average molecular weight is 430 g/mol. The summed E-state index contributed by atoms with van der Waals surface area (Å²) in [6.07, 6.45) is 1.34. The smallest absolute Gasteiger partial charge is 0.321 e. The number of hydrogen-bond donors (Lipinski definition) is 1. The van der Waals surface area contributed by atoms with Crippen molar-refractivity contribution < 1.29 is 23.8 Å². The van der Waals surface area contributed by atoms with Crippen LogP contribution in [0.4, 0.5) is 4.39 Å². The molecule has 1 aromatic heterocycles. The van der Waals surface area contributed by atoms with Crippen LogP contribution in [0.25, 0.3) is 5.57 Å². The number of carbonyl (C=O) groups excluding carboxylic acids is 2. The predicted octanol–water partition coefficient (Wildman–Crippen LogP) is 2.67. The van der Waals surface area contributed by atoms with Gasteiger partial charge in [-0.3, -0.25) is 9.59 Å². The van der Waals surface area contributed by atoms with E-state index in [0.717, 1.165) is 0 Å². The van der Waals surface area contributed by atoms with Gasteiger partial charge in [0.1, 0.15) is 17.3 Å². The molecule has 0 spiro atoms. The number of aliphatic hydroxyl groups is 1. The van der Waals surface area contributed by atoms with Crippen molar-refractivity contribution >= 4 is 17.3 Å². The van der Waals surface area contributed by atoms with Crippen molar-refractivity contribution in [3.63, 3.8) is 0 Å². The van der Waals surface area contributed by atoms with E-state index in [0.29, 0.717) is 22.5 Å². The number of halogens is 1. The Bertz CT molecular complexity index is 1010. The highest BCUT2D eigenvalue weighted by Gasteiger charge is 2.34. The summed E-state index contributed by atoms with van der Waals surface area (Å²) in [6.45, 7) is 10.5. The molecule has 0 saturated heterocycles. The number of nitrogens with zero attached hydrogens (tertiary/aromatic N) is 4. The van der Waals surface area contributed by atoms with Gasteiger partial charge >= 0.3 is 5.97 Å². The van der Waals surface area contributed by atoms with Gasteiger partial charge in [-0.25, -0.2) is 9.07 Å². The van der Waals surface area contributed by atoms with Crippen LogP contribution in [0.15, 0.2) is 36.9 Å². The summed E-state index contributed by atoms with van der Waals surface area (Å²) in [5.74, 6) is -2.65. The third kappa shape index (κ3) is 6.65. The quantitative estimate of drug-likeness (QED) is 0.390. The monoisotopic (exact) mass is 430 g/mol. The predicted molar refractivity (Wildman–Crippen MR) is 112 cm³/mol. The highest BCUT2D eigenvalue weighted by molar-refractivity contribution is 6.05. The number of Topliss-reactive ketones (excluding diaryl/α,β-unsaturated/α-hetero) is 1. The minimum Gasteiger partial charge on any atom is -0.459 e. The van der Waals surface area contributed by atoms with Crippen LogP contribution < -0.4 is 0 Å². The Kier molecular flexibility index (Phi) is 7.56. The second-order valence-corrected chi connectivity index (χ2v) is 8.22. The fourth-order valence-corrected chi connectivity index (χ4v) is 2.95. The number of carbonyl (C=O) groups is 2. The fraction of sp³-hybridized carbons (Fsp3) is 0.409. The van der Waals surface area contributed by atoms with Crippen molar-refractivity contribution in [2.75, 3.05) is 0 Å². The normalized spacial score (nSPS) is 13.8. The molecule has 9 heteroatoms. The van der Waals surface area contributed by atoms with Crippen LogP contribution in [-0.4, -0.2) is 48.8 Å². The number of rotatable bonds is 8. The first-order valence-electron chi connectivity index (χ1n) is 9.68. The average Bonchev–Trinajstić information content (AvgIpc) is 3.06. The van der Waals surface area contributed by atoms with E-state index >= 15 is 0 Å². The summed E-state index contributed by atoms with van der Waals surface area (Å²) >= 11 is 0. The highest BCUT2D eigenvalue weighted by atomic mass is 19.1. The van der Waals surface area contributed by atoms with E-state index in [9.17, 15) is 19.1 Å². The van der Waals surface area contributed by atoms with Gasteiger partial charge in [-0.15, -0.1) is 5.10 Å². The van der Waals surface area contributed by atoms with Crippen molar-refractivity contribution in [2.45, 2.75) is 51.7 Å². The number of benzene rings is 1. The molecule has 166 valence electrons. The van der Waals surface area contributed by atoms with E-state index < -0.39 is 35.2 Å². The van der Waals surface area contributed by atoms with Gasteiger partial charge in [0.05, 0.1) is 6.10 Å². The molecule has 1 aromatic carbocycles. The first-order chi connectivity index (χ1) is 14.4. The number of aliphatic hydroxyl groups excluding tert-OH is 1. The largest absolute Gasteiger partial charge is 0.459 e. The number of ether oxygens (including phenoxy) is 1. The topological polar surface area (TPSA) is 107 Å². The Morgan fingerprint density at radius 2 is 2.03 bits per heavy atom. The van der Waals surface area contributed by atoms with Crippen LogP contribution in [0, 0.1) is 12.7 Å². The molecular weight excluding hydrogens is 403 g/mol. The van der Waals surface area contributed by atoms with Gasteiger partial charge in [0.15, 0.2) is 11.6 Å². The van der Waals surface area contributed by atoms with Crippen molar-refractivity contribution in [3.8, 4) is 0 Å². The first-order valence-corrected chi connectivity index (χ1v) is 9.68. The Morgan fingerprint density at radius 1 is 1.35 bits per heavy atom. The molecule has 1 heterocycles. The van der Waals surface area contributed by atoms with Gasteiger partial charge in [-0.1, -0.05) is 24.8 Å². The number of tetrazole rings is 1. The number of allylic oxidation sites excluding steroid dienone is 2. The van der Waals surface area contributed by atoms with Gasteiger partial charge in [0, 0.05) is 19.0 Å². The Balaban J connectivity index is 2.22. The van der Waals surface area contributed by atoms with Crippen LogP contribution in [0.5, 0.6) is 0 Å². The zero-order valence-electron chi connectivity index (χ0n) is 18.3. The summed E-state index contributed by atoms with van der Waals surface area (Å²) in [5, 5.41) is 21.4. The number of ketones is 1. The second kappa shape index (κ2) is 9.74. The van der Waals surface area contributed by atoms with Crippen molar-refractivity contribution in [3.05, 3.63) is 59.7 Å². The molecule has 0 aliphatic heterocycles. The summed E-state index contributed by atoms with van der Waals surface area (Å²) in [7, 11) is 1.64. The molecule has 0 saturated carbocycles. The van der Waals surface area contributed by atoms with Crippen LogP contribution >= 0.6 is 0 Å². The van der Waals surface area contributed by atoms with Crippen molar-refractivity contribution in [1.82, 2.24) is 20.2 Å². The molecule has 0 aliphatic carbocycles. The van der Waals surface area contributed by atoms with E-state index in [1.54, 1.807) is 34.7 Å². The maximum atomic E-state index is 13.5. The number of aromatic nitrogens is 4. The van der Waals surface area contributed by atoms with E-state index in [-0.39, 0.29) is 6.42 Å². The molecule has 2 unspecified atom stereocenters. The van der Waals surface area contributed by atoms with Gasteiger partial charge in [-0.2, -0.15) is 0 Å². The standard InChI is InChI=1S/C22H27FN4O4/c1-13(20-24-25-26-27(20)6)7-9-16(28)12-18(29)19(21(30)31-22(3,4)5)17-10-8-15(23)11-14(17)2/h7-11,16,19,28H,1,12H2,2-6H3. The van der Waals surface area contributed by atoms with Crippen LogP contribution in [0.2, 0.25) is 0 Å². The SMILES string of the molecule is C=C(C=CC(O)CC(=O)C(C(=O)OC(C)(C)C)c1ccc(F)cc1C)c1nnnn1C. The number of aryl methyl sites for hydroxylation is 2. The van der Waals surface area contributed by atoms with E-state index in [4.69, 9.17) is 4.74 Å². The summed E-state index contributed by atoms with van der Waals surface area (Å²) in [4.78, 5) is 25.8. The lowest BCUT2D eigenvalue weighted by atomic mass is 9.88. The second-order valence-electron chi connectivity index (χ2n) is 8.22. The molecule has 2 aromatic rings. The molecule has 31 heavy (non-hydrogen) atoms. The molecule has 2 atom stereocenters. The number of esters is 1.